The minimum atomic E-state index is -0.240. The van der Waals surface area contributed by atoms with Crippen molar-refractivity contribution in [3.05, 3.63) is 42.7 Å². The van der Waals surface area contributed by atoms with Gasteiger partial charge < -0.3 is 10.1 Å². The van der Waals surface area contributed by atoms with E-state index in [1.807, 2.05) is 0 Å². The summed E-state index contributed by atoms with van der Waals surface area (Å²) in [6, 6.07) is 6.57. The summed E-state index contributed by atoms with van der Waals surface area (Å²) in [6.45, 7) is 5.19. The number of hydrogen-bond donors (Lipinski definition) is 1. The van der Waals surface area contributed by atoms with E-state index in [2.05, 4.69) is 11.9 Å². The van der Waals surface area contributed by atoms with Crippen molar-refractivity contribution in [2.45, 2.75) is 0 Å². The summed E-state index contributed by atoms with van der Waals surface area (Å²) in [5, 5.41) is 2.94. The van der Waals surface area contributed by atoms with Gasteiger partial charge in [-0.05, 0) is 12.1 Å². The molecule has 0 aliphatic rings. The lowest BCUT2D eigenvalue weighted by atomic mass is 10.3. The lowest BCUT2D eigenvalue weighted by molar-refractivity contribution is 0.173. The fourth-order valence-corrected chi connectivity index (χ4v) is 1.03. The Morgan fingerprint density at radius 1 is 1.43 bits per heavy atom. The predicted molar refractivity (Wildman–Crippen MR) is 55.9 cm³/mol. The Kier molecular flexibility index (Phi) is 4.72. The van der Waals surface area contributed by atoms with E-state index >= 15 is 0 Å². The van der Waals surface area contributed by atoms with Crippen molar-refractivity contribution in [3.8, 4) is 0 Å². The second kappa shape index (κ2) is 6.16. The molecule has 0 heterocycles. The van der Waals surface area contributed by atoms with Crippen LogP contribution in [0.25, 0.3) is 0 Å². The fraction of sp³-hybridized carbons (Fsp3) is 0.273. The predicted octanol–water partition coefficient (Wildman–Crippen LogP) is 2.44. The number of para-hydroxylation sites is 1. The van der Waals surface area contributed by atoms with Crippen molar-refractivity contribution in [2.24, 2.45) is 0 Å². The molecule has 0 unspecified atom stereocenters. The van der Waals surface area contributed by atoms with Crippen molar-refractivity contribution in [3.63, 3.8) is 0 Å². The molecule has 3 heteroatoms. The quantitative estimate of drug-likeness (QED) is 0.556. The highest BCUT2D eigenvalue weighted by molar-refractivity contribution is 5.44. The highest BCUT2D eigenvalue weighted by Crippen LogP contribution is 2.11. The van der Waals surface area contributed by atoms with Crippen molar-refractivity contribution >= 4 is 5.69 Å². The van der Waals surface area contributed by atoms with Crippen LogP contribution in [0.1, 0.15) is 0 Å². The molecule has 1 N–H and O–H groups in total. The van der Waals surface area contributed by atoms with Gasteiger partial charge >= 0.3 is 0 Å². The largest absolute Gasteiger partial charge is 0.380 e. The highest BCUT2D eigenvalue weighted by atomic mass is 19.1. The summed E-state index contributed by atoms with van der Waals surface area (Å²) in [6.07, 6.45) is 1.68. The first kappa shape index (κ1) is 10.7. The summed E-state index contributed by atoms with van der Waals surface area (Å²) in [7, 11) is 0. The van der Waals surface area contributed by atoms with Gasteiger partial charge in [0.1, 0.15) is 5.82 Å². The summed E-state index contributed by atoms with van der Waals surface area (Å²) in [5.74, 6) is -0.240. The van der Waals surface area contributed by atoms with Gasteiger partial charge in [0.2, 0.25) is 0 Å². The first-order valence-electron chi connectivity index (χ1n) is 4.51. The number of nitrogens with one attached hydrogen (secondary N) is 1. The molecule has 0 fully saturated rings. The lowest BCUT2D eigenvalue weighted by Crippen LogP contribution is -2.10. The third-order valence-corrected chi connectivity index (χ3v) is 1.67. The Morgan fingerprint density at radius 2 is 2.21 bits per heavy atom. The van der Waals surface area contributed by atoms with E-state index in [0.29, 0.717) is 25.4 Å². The maximum absolute atomic E-state index is 13.0. The molecule has 1 aromatic carbocycles. The van der Waals surface area contributed by atoms with Crippen LogP contribution in [0.5, 0.6) is 0 Å². The topological polar surface area (TPSA) is 21.3 Å². The van der Waals surface area contributed by atoms with Crippen molar-refractivity contribution in [2.75, 3.05) is 25.1 Å². The Labute approximate surface area is 83.4 Å². The molecule has 76 valence electrons. The average molecular weight is 195 g/mol. The van der Waals surface area contributed by atoms with Gasteiger partial charge in [-0.3, -0.25) is 0 Å². The number of ether oxygens (including phenoxy) is 1. The summed E-state index contributed by atoms with van der Waals surface area (Å²) >= 11 is 0. The molecule has 0 radical (unpaired) electrons. The van der Waals surface area contributed by atoms with Crippen LogP contribution < -0.4 is 5.32 Å². The molecule has 0 atom stereocenters. The molecular formula is C11H14FNO. The number of rotatable bonds is 6. The van der Waals surface area contributed by atoms with E-state index in [1.165, 1.54) is 6.07 Å². The molecule has 0 aliphatic heterocycles. The van der Waals surface area contributed by atoms with Gasteiger partial charge in [-0.15, -0.1) is 6.58 Å². The van der Waals surface area contributed by atoms with E-state index in [-0.39, 0.29) is 5.82 Å². The maximum Gasteiger partial charge on any atom is 0.146 e. The van der Waals surface area contributed by atoms with Crippen LogP contribution >= 0.6 is 0 Å². The van der Waals surface area contributed by atoms with Crippen molar-refractivity contribution in [1.82, 2.24) is 0 Å². The van der Waals surface area contributed by atoms with Gasteiger partial charge in [-0.2, -0.15) is 0 Å². The van der Waals surface area contributed by atoms with E-state index in [9.17, 15) is 4.39 Å². The number of benzene rings is 1. The Balaban J connectivity index is 2.24. The normalized spacial score (nSPS) is 9.79. The second-order valence-electron chi connectivity index (χ2n) is 2.77. The first-order chi connectivity index (χ1) is 6.84. The van der Waals surface area contributed by atoms with Gasteiger partial charge in [0.15, 0.2) is 0 Å². The number of anilines is 1. The molecule has 1 aromatic rings. The molecule has 0 saturated heterocycles. The van der Waals surface area contributed by atoms with Gasteiger partial charge in [-0.1, -0.05) is 18.2 Å². The van der Waals surface area contributed by atoms with E-state index in [4.69, 9.17) is 4.74 Å². The van der Waals surface area contributed by atoms with Crippen LogP contribution in [-0.4, -0.2) is 19.8 Å². The zero-order chi connectivity index (χ0) is 10.2. The summed E-state index contributed by atoms with van der Waals surface area (Å²) in [4.78, 5) is 0. The molecule has 14 heavy (non-hydrogen) atoms. The minimum absolute atomic E-state index is 0.240. The molecule has 1 rings (SSSR count). The molecule has 0 saturated carbocycles. The Bertz CT molecular complexity index is 288. The average Bonchev–Trinajstić information content (AvgIpc) is 2.20. The third-order valence-electron chi connectivity index (χ3n) is 1.67. The Hall–Kier alpha value is -1.35. The van der Waals surface area contributed by atoms with Crippen LogP contribution in [0, 0.1) is 5.82 Å². The summed E-state index contributed by atoms with van der Waals surface area (Å²) in [5.41, 5.74) is 0.509. The first-order valence-corrected chi connectivity index (χ1v) is 4.51. The monoisotopic (exact) mass is 195 g/mol. The molecular weight excluding hydrogens is 181 g/mol. The Morgan fingerprint density at radius 3 is 2.93 bits per heavy atom. The smallest absolute Gasteiger partial charge is 0.146 e. The lowest BCUT2D eigenvalue weighted by Gasteiger charge is -2.06. The number of halogens is 1. The van der Waals surface area contributed by atoms with Crippen molar-refractivity contribution < 1.29 is 9.13 Å². The molecule has 0 spiro atoms. The van der Waals surface area contributed by atoms with Gasteiger partial charge in [0, 0.05) is 6.54 Å². The van der Waals surface area contributed by atoms with Crippen LogP contribution in [0.2, 0.25) is 0 Å². The van der Waals surface area contributed by atoms with Crippen LogP contribution in [0.3, 0.4) is 0 Å². The third kappa shape index (κ3) is 3.58. The van der Waals surface area contributed by atoms with Crippen LogP contribution in [0.4, 0.5) is 10.1 Å². The number of hydrogen-bond acceptors (Lipinski definition) is 2. The SMILES string of the molecule is C=CCOCCNc1ccccc1F. The molecule has 0 aliphatic carbocycles. The molecule has 0 bridgehead atoms. The van der Waals surface area contributed by atoms with Gasteiger partial charge in [0.05, 0.1) is 18.9 Å². The van der Waals surface area contributed by atoms with Gasteiger partial charge in [-0.25, -0.2) is 4.39 Å². The van der Waals surface area contributed by atoms with Crippen LogP contribution in [0.15, 0.2) is 36.9 Å². The second-order valence-corrected chi connectivity index (χ2v) is 2.77. The molecule has 2 nitrogen and oxygen atoms in total. The fourth-order valence-electron chi connectivity index (χ4n) is 1.03. The maximum atomic E-state index is 13.0. The van der Waals surface area contributed by atoms with Crippen LogP contribution in [-0.2, 0) is 4.74 Å². The van der Waals surface area contributed by atoms with E-state index < -0.39 is 0 Å². The zero-order valence-electron chi connectivity index (χ0n) is 8.00. The standard InChI is InChI=1S/C11H14FNO/c1-2-8-14-9-7-13-11-6-4-3-5-10(11)12/h2-6,13H,1,7-9H2. The zero-order valence-corrected chi connectivity index (χ0v) is 8.00. The van der Waals surface area contributed by atoms with E-state index in [1.54, 1.807) is 24.3 Å². The summed E-state index contributed by atoms with van der Waals surface area (Å²) < 4.78 is 18.2. The van der Waals surface area contributed by atoms with E-state index in [0.717, 1.165) is 0 Å². The highest BCUT2D eigenvalue weighted by Gasteiger charge is 1.97. The molecule has 0 amide bonds. The molecule has 0 aromatic heterocycles. The van der Waals surface area contributed by atoms with Gasteiger partial charge in [0.25, 0.3) is 0 Å². The minimum Gasteiger partial charge on any atom is -0.380 e. The van der Waals surface area contributed by atoms with Crippen molar-refractivity contribution in [1.29, 1.82) is 0 Å².